The molecule has 4 nitrogen and oxygen atoms in total. The fourth-order valence-corrected chi connectivity index (χ4v) is 3.37. The minimum atomic E-state index is 0.000440. The molecule has 2 fully saturated rings. The molecule has 124 valence electrons. The van der Waals surface area contributed by atoms with Crippen LogP contribution in [0.15, 0.2) is 36.4 Å². The molecule has 0 aromatic heterocycles. The summed E-state index contributed by atoms with van der Waals surface area (Å²) >= 11 is 0. The monoisotopic (exact) mass is 314 g/mol. The SMILES string of the molecule is O=C(C=Cc1ccccc1)NCC1CCN(C2CCOC2)CC1. The zero-order valence-electron chi connectivity index (χ0n) is 13.6. The van der Waals surface area contributed by atoms with E-state index in [-0.39, 0.29) is 5.91 Å². The fourth-order valence-electron chi connectivity index (χ4n) is 3.37. The number of hydrogen-bond donors (Lipinski definition) is 1. The molecule has 1 atom stereocenters. The summed E-state index contributed by atoms with van der Waals surface area (Å²) in [6, 6.07) is 10.5. The highest BCUT2D eigenvalue weighted by Crippen LogP contribution is 2.21. The van der Waals surface area contributed by atoms with E-state index in [0.29, 0.717) is 12.0 Å². The number of carbonyl (C=O) groups excluding carboxylic acids is 1. The molecule has 1 amide bonds. The third kappa shape index (κ3) is 4.91. The summed E-state index contributed by atoms with van der Waals surface area (Å²) in [5, 5.41) is 3.04. The smallest absolute Gasteiger partial charge is 0.244 e. The van der Waals surface area contributed by atoms with E-state index in [0.717, 1.165) is 38.4 Å². The summed E-state index contributed by atoms with van der Waals surface area (Å²) in [6.07, 6.45) is 6.99. The Labute approximate surface area is 138 Å². The summed E-state index contributed by atoms with van der Waals surface area (Å²) in [5.41, 5.74) is 1.05. The van der Waals surface area contributed by atoms with Crippen LogP contribution in [0.2, 0.25) is 0 Å². The lowest BCUT2D eigenvalue weighted by Crippen LogP contribution is -2.43. The van der Waals surface area contributed by atoms with Crippen molar-refractivity contribution < 1.29 is 9.53 Å². The van der Waals surface area contributed by atoms with Crippen molar-refractivity contribution in [3.8, 4) is 0 Å². The highest BCUT2D eigenvalue weighted by molar-refractivity contribution is 5.91. The lowest BCUT2D eigenvalue weighted by atomic mass is 9.95. The first-order valence-corrected chi connectivity index (χ1v) is 8.64. The molecule has 2 aliphatic rings. The van der Waals surface area contributed by atoms with Gasteiger partial charge in [0.05, 0.1) is 6.61 Å². The number of nitrogens with zero attached hydrogens (tertiary/aromatic N) is 1. The van der Waals surface area contributed by atoms with Crippen LogP contribution in [0.25, 0.3) is 6.08 Å². The molecule has 0 aliphatic carbocycles. The van der Waals surface area contributed by atoms with E-state index in [4.69, 9.17) is 4.74 Å². The molecule has 4 heteroatoms. The molecule has 0 saturated carbocycles. The molecule has 23 heavy (non-hydrogen) atoms. The third-order valence-electron chi connectivity index (χ3n) is 4.86. The molecular weight excluding hydrogens is 288 g/mol. The quantitative estimate of drug-likeness (QED) is 0.848. The van der Waals surface area contributed by atoms with Crippen LogP contribution in [-0.4, -0.2) is 49.7 Å². The van der Waals surface area contributed by atoms with Gasteiger partial charge in [-0.15, -0.1) is 0 Å². The minimum Gasteiger partial charge on any atom is -0.380 e. The van der Waals surface area contributed by atoms with Crippen molar-refractivity contribution in [1.29, 1.82) is 0 Å². The lowest BCUT2D eigenvalue weighted by Gasteiger charge is -2.35. The van der Waals surface area contributed by atoms with E-state index in [1.54, 1.807) is 6.08 Å². The Morgan fingerprint density at radius 1 is 1.22 bits per heavy atom. The van der Waals surface area contributed by atoms with Crippen LogP contribution < -0.4 is 5.32 Å². The zero-order valence-corrected chi connectivity index (χ0v) is 13.6. The van der Waals surface area contributed by atoms with Crippen molar-refractivity contribution >= 4 is 12.0 Å². The summed E-state index contributed by atoms with van der Waals surface area (Å²) in [4.78, 5) is 14.5. The number of carbonyl (C=O) groups is 1. The number of piperidine rings is 1. The minimum absolute atomic E-state index is 0.000440. The highest BCUT2D eigenvalue weighted by Gasteiger charge is 2.27. The van der Waals surface area contributed by atoms with Gasteiger partial charge in [-0.05, 0) is 49.9 Å². The number of amides is 1. The van der Waals surface area contributed by atoms with Gasteiger partial charge in [-0.2, -0.15) is 0 Å². The standard InChI is InChI=1S/C19H26N2O2/c22-19(7-6-16-4-2-1-3-5-16)20-14-17-8-11-21(12-9-17)18-10-13-23-15-18/h1-7,17-18H,8-15H2,(H,20,22). The van der Waals surface area contributed by atoms with E-state index in [9.17, 15) is 4.79 Å². The molecule has 0 spiro atoms. The summed E-state index contributed by atoms with van der Waals surface area (Å²) < 4.78 is 5.47. The Kier molecular flexibility index (Phi) is 5.83. The Morgan fingerprint density at radius 3 is 2.70 bits per heavy atom. The number of hydrogen-bond acceptors (Lipinski definition) is 3. The first kappa shape index (κ1) is 16.2. The van der Waals surface area contributed by atoms with E-state index < -0.39 is 0 Å². The predicted octanol–water partition coefficient (Wildman–Crippen LogP) is 2.32. The van der Waals surface area contributed by atoms with Gasteiger partial charge in [0.25, 0.3) is 0 Å². The molecule has 0 radical (unpaired) electrons. The number of likely N-dealkylation sites (tertiary alicyclic amines) is 1. The predicted molar refractivity (Wildman–Crippen MR) is 92.0 cm³/mol. The number of rotatable bonds is 5. The second kappa shape index (κ2) is 8.27. The van der Waals surface area contributed by atoms with Crippen molar-refractivity contribution in [2.24, 2.45) is 5.92 Å². The lowest BCUT2D eigenvalue weighted by molar-refractivity contribution is -0.116. The largest absolute Gasteiger partial charge is 0.380 e. The van der Waals surface area contributed by atoms with Crippen LogP contribution in [-0.2, 0) is 9.53 Å². The maximum atomic E-state index is 11.9. The molecule has 2 heterocycles. The molecule has 2 aliphatic heterocycles. The van der Waals surface area contributed by atoms with Crippen LogP contribution >= 0.6 is 0 Å². The van der Waals surface area contributed by atoms with Gasteiger partial charge in [0, 0.05) is 25.3 Å². The van der Waals surface area contributed by atoms with Crippen LogP contribution in [0.4, 0.5) is 0 Å². The molecule has 0 bridgehead atoms. The van der Waals surface area contributed by atoms with Gasteiger partial charge >= 0.3 is 0 Å². The van der Waals surface area contributed by atoms with Crippen LogP contribution in [0, 0.1) is 5.92 Å². The van der Waals surface area contributed by atoms with Gasteiger partial charge in [-0.1, -0.05) is 30.3 Å². The first-order valence-electron chi connectivity index (χ1n) is 8.64. The van der Waals surface area contributed by atoms with Gasteiger partial charge < -0.3 is 10.1 Å². The molecular formula is C19H26N2O2. The summed E-state index contributed by atoms with van der Waals surface area (Å²) in [6.45, 7) is 4.86. The highest BCUT2D eigenvalue weighted by atomic mass is 16.5. The Bertz CT molecular complexity index is 515. The van der Waals surface area contributed by atoms with Gasteiger partial charge in [-0.25, -0.2) is 0 Å². The van der Waals surface area contributed by atoms with Gasteiger partial charge in [0.15, 0.2) is 0 Å². The van der Waals surface area contributed by atoms with E-state index in [1.165, 1.54) is 19.3 Å². The van der Waals surface area contributed by atoms with E-state index in [2.05, 4.69) is 10.2 Å². The fraction of sp³-hybridized carbons (Fsp3) is 0.526. The zero-order chi connectivity index (χ0) is 15.9. The van der Waals surface area contributed by atoms with Crippen LogP contribution in [0.5, 0.6) is 0 Å². The Hall–Kier alpha value is -1.65. The van der Waals surface area contributed by atoms with Crippen LogP contribution in [0.1, 0.15) is 24.8 Å². The molecule has 1 aromatic carbocycles. The average Bonchev–Trinajstić information content (AvgIpc) is 3.14. The molecule has 3 rings (SSSR count). The average molecular weight is 314 g/mol. The van der Waals surface area contributed by atoms with Gasteiger partial charge in [0.2, 0.25) is 5.91 Å². The summed E-state index contributed by atoms with van der Waals surface area (Å²) in [5.74, 6) is 0.600. The normalized spacial score (nSPS) is 23.4. The second-order valence-corrected chi connectivity index (χ2v) is 6.49. The van der Waals surface area contributed by atoms with Crippen LogP contribution in [0.3, 0.4) is 0 Å². The number of benzene rings is 1. The van der Waals surface area contributed by atoms with Gasteiger partial charge in [-0.3, -0.25) is 9.69 Å². The van der Waals surface area contributed by atoms with Crippen molar-refractivity contribution in [2.75, 3.05) is 32.8 Å². The van der Waals surface area contributed by atoms with Crippen molar-refractivity contribution in [3.05, 3.63) is 42.0 Å². The van der Waals surface area contributed by atoms with Gasteiger partial charge in [0.1, 0.15) is 0 Å². The molecule has 1 aromatic rings. The topological polar surface area (TPSA) is 41.6 Å². The summed E-state index contributed by atoms with van der Waals surface area (Å²) in [7, 11) is 0. The Balaban J connectivity index is 1.36. The number of nitrogens with one attached hydrogen (secondary N) is 1. The molecule has 2 saturated heterocycles. The van der Waals surface area contributed by atoms with E-state index in [1.807, 2.05) is 36.4 Å². The number of ether oxygens (including phenoxy) is 1. The van der Waals surface area contributed by atoms with E-state index >= 15 is 0 Å². The van der Waals surface area contributed by atoms with Crippen molar-refractivity contribution in [3.63, 3.8) is 0 Å². The maximum absolute atomic E-state index is 11.9. The molecule has 1 N–H and O–H groups in total. The third-order valence-corrected chi connectivity index (χ3v) is 4.86. The first-order chi connectivity index (χ1) is 11.3. The van der Waals surface area contributed by atoms with Crippen molar-refractivity contribution in [2.45, 2.75) is 25.3 Å². The second-order valence-electron chi connectivity index (χ2n) is 6.49. The maximum Gasteiger partial charge on any atom is 0.244 e. The molecule has 1 unspecified atom stereocenters. The van der Waals surface area contributed by atoms with Crippen molar-refractivity contribution in [1.82, 2.24) is 10.2 Å². The Morgan fingerprint density at radius 2 is 2.00 bits per heavy atom.